The van der Waals surface area contributed by atoms with Gasteiger partial charge in [-0.1, -0.05) is 0 Å². The van der Waals surface area contributed by atoms with Crippen molar-refractivity contribution in [3.63, 3.8) is 0 Å². The number of sulfonamides is 1. The highest BCUT2D eigenvalue weighted by molar-refractivity contribution is 7.89. The molecule has 0 spiro atoms. The van der Waals surface area contributed by atoms with Crippen molar-refractivity contribution in [3.8, 4) is 0 Å². The van der Waals surface area contributed by atoms with Crippen molar-refractivity contribution in [2.24, 2.45) is 0 Å². The van der Waals surface area contributed by atoms with E-state index >= 15 is 0 Å². The molecule has 0 bridgehead atoms. The summed E-state index contributed by atoms with van der Waals surface area (Å²) in [5.41, 5.74) is 6.20. The minimum Gasteiger partial charge on any atom is -0.398 e. The van der Waals surface area contributed by atoms with Gasteiger partial charge in [-0.15, -0.1) is 0 Å². The van der Waals surface area contributed by atoms with Crippen LogP contribution in [-0.2, 0) is 14.8 Å². The van der Waals surface area contributed by atoms with Crippen LogP contribution in [0.3, 0.4) is 0 Å². The summed E-state index contributed by atoms with van der Waals surface area (Å²) in [4.78, 5) is 12.3. The molecule has 1 unspecified atom stereocenters. The molecule has 3 N–H and O–H groups in total. The van der Waals surface area contributed by atoms with Crippen molar-refractivity contribution in [2.75, 3.05) is 19.8 Å². The van der Waals surface area contributed by atoms with Crippen LogP contribution in [0.4, 0.5) is 10.1 Å². The van der Waals surface area contributed by atoms with Gasteiger partial charge in [-0.3, -0.25) is 4.79 Å². The fourth-order valence-electron chi connectivity index (χ4n) is 1.61. The molecule has 1 rings (SSSR count). The quantitative estimate of drug-likeness (QED) is 0.791. The predicted molar refractivity (Wildman–Crippen MR) is 74.0 cm³/mol. The third-order valence-electron chi connectivity index (χ3n) is 2.75. The van der Waals surface area contributed by atoms with Crippen molar-refractivity contribution in [3.05, 3.63) is 23.5 Å². The molecule has 0 radical (unpaired) electrons. The third-order valence-corrected chi connectivity index (χ3v) is 4.31. The van der Waals surface area contributed by atoms with Gasteiger partial charge in [-0.25, -0.2) is 12.8 Å². The van der Waals surface area contributed by atoms with Crippen LogP contribution >= 0.6 is 0 Å². The van der Waals surface area contributed by atoms with E-state index in [9.17, 15) is 17.6 Å². The van der Waals surface area contributed by atoms with E-state index in [1.807, 2.05) is 0 Å². The molecule has 1 aromatic rings. The lowest BCUT2D eigenvalue weighted by atomic mass is 10.2. The molecule has 0 aliphatic carbocycles. The van der Waals surface area contributed by atoms with Crippen LogP contribution in [0.1, 0.15) is 12.5 Å². The Bertz CT molecular complexity index is 629. The van der Waals surface area contributed by atoms with E-state index in [2.05, 4.69) is 4.72 Å². The molecule has 112 valence electrons. The SMILES string of the molecule is Cc1cc(F)c(S(=O)(=O)NC(C)C(=O)N(C)C)cc1N. The zero-order chi connectivity index (χ0) is 15.7. The van der Waals surface area contributed by atoms with Gasteiger partial charge in [0.2, 0.25) is 15.9 Å². The van der Waals surface area contributed by atoms with Crippen LogP contribution in [0.15, 0.2) is 17.0 Å². The number of nitrogen functional groups attached to an aromatic ring is 1. The van der Waals surface area contributed by atoms with Gasteiger partial charge < -0.3 is 10.6 Å². The fourth-order valence-corrected chi connectivity index (χ4v) is 2.90. The number of amides is 1. The number of likely N-dealkylation sites (N-methyl/N-ethyl adjacent to an activating group) is 1. The molecule has 1 aromatic carbocycles. The molecule has 1 amide bonds. The van der Waals surface area contributed by atoms with Gasteiger partial charge in [0.1, 0.15) is 10.7 Å². The maximum absolute atomic E-state index is 13.8. The number of benzene rings is 1. The first-order valence-electron chi connectivity index (χ1n) is 5.85. The highest BCUT2D eigenvalue weighted by Crippen LogP contribution is 2.21. The topological polar surface area (TPSA) is 92.5 Å². The monoisotopic (exact) mass is 303 g/mol. The fraction of sp³-hybridized carbons (Fsp3) is 0.417. The van der Waals surface area contributed by atoms with E-state index in [0.29, 0.717) is 5.56 Å². The molecule has 0 aliphatic rings. The lowest BCUT2D eigenvalue weighted by Gasteiger charge is -2.18. The zero-order valence-electron chi connectivity index (χ0n) is 11.8. The molecule has 20 heavy (non-hydrogen) atoms. The van der Waals surface area contributed by atoms with Crippen molar-refractivity contribution < 1.29 is 17.6 Å². The Balaban J connectivity index is 3.12. The van der Waals surface area contributed by atoms with Gasteiger partial charge in [0, 0.05) is 19.8 Å². The van der Waals surface area contributed by atoms with Gasteiger partial charge in [-0.05, 0) is 31.5 Å². The number of hydrogen-bond acceptors (Lipinski definition) is 4. The van der Waals surface area contributed by atoms with E-state index in [4.69, 9.17) is 5.73 Å². The summed E-state index contributed by atoms with van der Waals surface area (Å²) >= 11 is 0. The maximum atomic E-state index is 13.8. The number of halogens is 1. The minimum atomic E-state index is -4.16. The second kappa shape index (κ2) is 5.76. The Kier molecular flexibility index (Phi) is 4.72. The molecular formula is C12H18FN3O3S. The van der Waals surface area contributed by atoms with E-state index in [0.717, 1.165) is 12.1 Å². The molecular weight excluding hydrogens is 285 g/mol. The molecule has 0 fully saturated rings. The van der Waals surface area contributed by atoms with Crippen LogP contribution in [-0.4, -0.2) is 39.4 Å². The number of carbonyl (C=O) groups is 1. The molecule has 6 nitrogen and oxygen atoms in total. The number of hydrogen-bond donors (Lipinski definition) is 2. The summed E-state index contributed by atoms with van der Waals surface area (Å²) in [6, 6.07) is 1.08. The van der Waals surface area contributed by atoms with Crippen molar-refractivity contribution in [1.82, 2.24) is 9.62 Å². The lowest BCUT2D eigenvalue weighted by molar-refractivity contribution is -0.130. The number of aryl methyl sites for hydroxylation is 1. The average Bonchev–Trinajstić information content (AvgIpc) is 2.31. The Morgan fingerprint density at radius 1 is 1.40 bits per heavy atom. The summed E-state index contributed by atoms with van der Waals surface area (Å²) in [5, 5.41) is 0. The Labute approximate surface area is 117 Å². The molecule has 8 heteroatoms. The first-order valence-corrected chi connectivity index (χ1v) is 7.33. The molecule has 0 heterocycles. The molecule has 0 saturated carbocycles. The number of nitrogens with zero attached hydrogens (tertiary/aromatic N) is 1. The first-order chi connectivity index (χ1) is 9.06. The van der Waals surface area contributed by atoms with Crippen LogP contribution in [0.5, 0.6) is 0 Å². The van der Waals surface area contributed by atoms with E-state index in [-0.39, 0.29) is 5.69 Å². The number of anilines is 1. The van der Waals surface area contributed by atoms with E-state index in [1.54, 1.807) is 6.92 Å². The number of rotatable bonds is 4. The highest BCUT2D eigenvalue weighted by atomic mass is 32.2. The Morgan fingerprint density at radius 3 is 2.45 bits per heavy atom. The van der Waals surface area contributed by atoms with Gasteiger partial charge in [0.15, 0.2) is 0 Å². The number of nitrogens with one attached hydrogen (secondary N) is 1. The van der Waals surface area contributed by atoms with Gasteiger partial charge in [-0.2, -0.15) is 4.72 Å². The summed E-state index contributed by atoms with van der Waals surface area (Å²) < 4.78 is 40.0. The molecule has 0 aromatic heterocycles. The van der Waals surface area contributed by atoms with E-state index in [1.165, 1.54) is 25.9 Å². The van der Waals surface area contributed by atoms with Gasteiger partial charge in [0.25, 0.3) is 0 Å². The van der Waals surface area contributed by atoms with Crippen molar-refractivity contribution in [2.45, 2.75) is 24.8 Å². The average molecular weight is 303 g/mol. The smallest absolute Gasteiger partial charge is 0.244 e. The Morgan fingerprint density at radius 2 is 1.95 bits per heavy atom. The standard InChI is InChI=1S/C12H18FN3O3S/c1-7-5-9(13)11(6-10(7)14)20(18,19)15-8(2)12(17)16(3)4/h5-6,8,15H,14H2,1-4H3. The zero-order valence-corrected chi connectivity index (χ0v) is 12.6. The second-order valence-corrected chi connectivity index (χ2v) is 6.40. The summed E-state index contributed by atoms with van der Waals surface area (Å²) in [7, 11) is -1.17. The van der Waals surface area contributed by atoms with Crippen LogP contribution in [0.2, 0.25) is 0 Å². The maximum Gasteiger partial charge on any atom is 0.244 e. The largest absolute Gasteiger partial charge is 0.398 e. The Hall–Kier alpha value is -1.67. The third kappa shape index (κ3) is 3.45. The predicted octanol–water partition coefficient (Wildman–Crippen LogP) is 0.471. The molecule has 1 atom stereocenters. The van der Waals surface area contributed by atoms with Gasteiger partial charge >= 0.3 is 0 Å². The summed E-state index contributed by atoms with van der Waals surface area (Å²) in [6.45, 7) is 2.95. The van der Waals surface area contributed by atoms with Crippen LogP contribution < -0.4 is 10.5 Å². The first kappa shape index (κ1) is 16.4. The number of nitrogens with two attached hydrogens (primary N) is 1. The second-order valence-electron chi connectivity index (χ2n) is 4.71. The van der Waals surface area contributed by atoms with Crippen molar-refractivity contribution in [1.29, 1.82) is 0 Å². The van der Waals surface area contributed by atoms with Gasteiger partial charge in [0.05, 0.1) is 6.04 Å². The highest BCUT2D eigenvalue weighted by Gasteiger charge is 2.26. The molecule has 0 saturated heterocycles. The summed E-state index contributed by atoms with van der Waals surface area (Å²) in [6.07, 6.45) is 0. The van der Waals surface area contributed by atoms with Crippen LogP contribution in [0.25, 0.3) is 0 Å². The van der Waals surface area contributed by atoms with Crippen LogP contribution in [0, 0.1) is 12.7 Å². The summed E-state index contributed by atoms with van der Waals surface area (Å²) in [5.74, 6) is -1.34. The van der Waals surface area contributed by atoms with E-state index < -0.39 is 32.7 Å². The normalized spacial score (nSPS) is 13.1. The minimum absolute atomic E-state index is 0.165. The molecule has 0 aliphatic heterocycles. The lowest BCUT2D eigenvalue weighted by Crippen LogP contribution is -2.44. The van der Waals surface area contributed by atoms with Crippen molar-refractivity contribution >= 4 is 21.6 Å². The number of carbonyl (C=O) groups excluding carboxylic acids is 1.